The Bertz CT molecular complexity index is 453. The van der Waals surface area contributed by atoms with E-state index in [0.29, 0.717) is 0 Å². The molecule has 4 heteroatoms. The van der Waals surface area contributed by atoms with Crippen LogP contribution < -0.4 is 11.3 Å². The lowest BCUT2D eigenvalue weighted by molar-refractivity contribution is 0.644. The van der Waals surface area contributed by atoms with E-state index in [1.807, 2.05) is 11.7 Å². The molecular weight excluding hydrogens is 230 g/mol. The predicted octanol–water partition coefficient (Wildman–Crippen LogP) is 2.65. The summed E-state index contributed by atoms with van der Waals surface area (Å²) in [5, 5.41) is 0. The summed E-state index contributed by atoms with van der Waals surface area (Å²) in [6.07, 6.45) is 4.13. The van der Waals surface area contributed by atoms with Gasteiger partial charge in [0.1, 0.15) is 0 Å². The summed E-state index contributed by atoms with van der Waals surface area (Å²) in [4.78, 5) is 5.24. The third-order valence-corrected chi connectivity index (χ3v) is 3.57. The molecule has 1 heterocycles. The van der Waals surface area contributed by atoms with E-state index >= 15 is 0 Å². The van der Waals surface area contributed by atoms with Crippen molar-refractivity contribution in [2.24, 2.45) is 5.84 Å². The normalized spacial score (nSPS) is 12.6. The molecule has 3 nitrogen and oxygen atoms in total. The van der Waals surface area contributed by atoms with Gasteiger partial charge in [0.2, 0.25) is 0 Å². The Kier molecular flexibility index (Phi) is 4.25. The van der Waals surface area contributed by atoms with Crippen LogP contribution in [0.3, 0.4) is 0 Å². The highest BCUT2D eigenvalue weighted by molar-refractivity contribution is 7.09. The van der Waals surface area contributed by atoms with Crippen LogP contribution in [0.4, 0.5) is 0 Å². The maximum Gasteiger partial charge on any atom is 0.0818 e. The second kappa shape index (κ2) is 5.91. The fraction of sp³-hybridized carbons (Fsp3) is 0.308. The largest absolute Gasteiger partial charge is 0.271 e. The van der Waals surface area contributed by atoms with Gasteiger partial charge < -0.3 is 0 Å². The molecule has 90 valence electrons. The average molecular weight is 247 g/mol. The van der Waals surface area contributed by atoms with Crippen LogP contribution in [-0.4, -0.2) is 4.98 Å². The van der Waals surface area contributed by atoms with Crippen LogP contribution in [0.2, 0.25) is 0 Å². The number of aromatic nitrogens is 1. The van der Waals surface area contributed by atoms with E-state index in [0.717, 1.165) is 17.7 Å². The number of aryl methyl sites for hydroxylation is 1. The summed E-state index contributed by atoms with van der Waals surface area (Å²) in [6.45, 7) is 2.19. The first kappa shape index (κ1) is 12.2. The van der Waals surface area contributed by atoms with Crippen LogP contribution in [0.5, 0.6) is 0 Å². The van der Waals surface area contributed by atoms with Crippen molar-refractivity contribution in [1.82, 2.24) is 10.4 Å². The number of nitrogens with zero attached hydrogens (tertiary/aromatic N) is 1. The Balaban J connectivity index is 2.28. The Morgan fingerprint density at radius 1 is 1.47 bits per heavy atom. The van der Waals surface area contributed by atoms with Crippen LogP contribution in [0.25, 0.3) is 0 Å². The molecule has 0 aliphatic heterocycles. The zero-order valence-electron chi connectivity index (χ0n) is 9.89. The summed E-state index contributed by atoms with van der Waals surface area (Å²) in [5.41, 5.74) is 7.24. The van der Waals surface area contributed by atoms with Crippen molar-refractivity contribution >= 4 is 11.3 Å². The van der Waals surface area contributed by atoms with Gasteiger partial charge in [-0.05, 0) is 17.5 Å². The zero-order chi connectivity index (χ0) is 12.1. The SMILES string of the molecule is CCCc1cccc(C(NN)c2cncs2)c1. The molecular formula is C13H17N3S. The molecule has 0 aliphatic carbocycles. The number of nitrogens with two attached hydrogens (primary N) is 1. The van der Waals surface area contributed by atoms with Crippen LogP contribution in [0.1, 0.15) is 35.4 Å². The monoisotopic (exact) mass is 247 g/mol. The molecule has 3 N–H and O–H groups in total. The van der Waals surface area contributed by atoms with E-state index in [9.17, 15) is 0 Å². The molecule has 2 rings (SSSR count). The molecule has 0 bridgehead atoms. The topological polar surface area (TPSA) is 50.9 Å². The molecule has 0 fully saturated rings. The van der Waals surface area contributed by atoms with Crippen molar-refractivity contribution in [2.45, 2.75) is 25.8 Å². The van der Waals surface area contributed by atoms with Crippen LogP contribution in [0, 0.1) is 0 Å². The van der Waals surface area contributed by atoms with E-state index in [-0.39, 0.29) is 6.04 Å². The summed E-state index contributed by atoms with van der Waals surface area (Å²) in [5.74, 6) is 5.65. The van der Waals surface area contributed by atoms with Gasteiger partial charge in [0, 0.05) is 11.1 Å². The third-order valence-electron chi connectivity index (χ3n) is 2.73. The minimum absolute atomic E-state index is 0.0410. The maximum absolute atomic E-state index is 5.65. The standard InChI is InChI=1S/C13H17N3S/c1-2-4-10-5-3-6-11(7-10)13(16-14)12-8-15-9-17-12/h3,5-9,13,16H,2,4,14H2,1H3. The van der Waals surface area contributed by atoms with Gasteiger partial charge in [-0.3, -0.25) is 10.8 Å². The molecule has 0 spiro atoms. The number of hydrogen-bond donors (Lipinski definition) is 2. The van der Waals surface area contributed by atoms with Gasteiger partial charge in [-0.15, -0.1) is 11.3 Å². The van der Waals surface area contributed by atoms with E-state index in [2.05, 4.69) is 41.6 Å². The first-order chi connectivity index (χ1) is 8.35. The summed E-state index contributed by atoms with van der Waals surface area (Å²) in [7, 11) is 0. The van der Waals surface area contributed by atoms with Crippen molar-refractivity contribution in [3.05, 3.63) is 52.0 Å². The molecule has 2 aromatic rings. The quantitative estimate of drug-likeness (QED) is 0.631. The van der Waals surface area contributed by atoms with Gasteiger partial charge in [0.25, 0.3) is 0 Å². The van der Waals surface area contributed by atoms with E-state index in [1.54, 1.807) is 11.3 Å². The van der Waals surface area contributed by atoms with Gasteiger partial charge in [-0.1, -0.05) is 37.6 Å². The van der Waals surface area contributed by atoms with Crippen molar-refractivity contribution in [2.75, 3.05) is 0 Å². The van der Waals surface area contributed by atoms with Crippen LogP contribution >= 0.6 is 11.3 Å². The molecule has 1 aromatic carbocycles. The summed E-state index contributed by atoms with van der Waals surface area (Å²) < 4.78 is 0. The van der Waals surface area contributed by atoms with Gasteiger partial charge in [-0.25, -0.2) is 5.43 Å². The fourth-order valence-electron chi connectivity index (χ4n) is 1.93. The first-order valence-corrected chi connectivity index (χ1v) is 6.66. The molecule has 0 saturated heterocycles. The van der Waals surface area contributed by atoms with E-state index in [4.69, 9.17) is 5.84 Å². The molecule has 0 aliphatic rings. The molecule has 0 radical (unpaired) electrons. The molecule has 1 unspecified atom stereocenters. The zero-order valence-corrected chi connectivity index (χ0v) is 10.7. The van der Waals surface area contributed by atoms with Crippen molar-refractivity contribution in [1.29, 1.82) is 0 Å². The van der Waals surface area contributed by atoms with Gasteiger partial charge in [-0.2, -0.15) is 0 Å². The van der Waals surface area contributed by atoms with Crippen molar-refractivity contribution in [3.63, 3.8) is 0 Å². The average Bonchev–Trinajstić information content (AvgIpc) is 2.85. The lowest BCUT2D eigenvalue weighted by Crippen LogP contribution is -2.28. The number of thiazole rings is 1. The van der Waals surface area contributed by atoms with Crippen molar-refractivity contribution < 1.29 is 0 Å². The minimum atomic E-state index is 0.0410. The Morgan fingerprint density at radius 2 is 2.35 bits per heavy atom. The lowest BCUT2D eigenvalue weighted by atomic mass is 10.0. The smallest absolute Gasteiger partial charge is 0.0818 e. The van der Waals surface area contributed by atoms with E-state index in [1.165, 1.54) is 11.1 Å². The molecule has 1 atom stereocenters. The highest BCUT2D eigenvalue weighted by Gasteiger charge is 2.13. The number of hydrogen-bond acceptors (Lipinski definition) is 4. The fourth-order valence-corrected chi connectivity index (χ4v) is 2.63. The molecule has 0 saturated carbocycles. The first-order valence-electron chi connectivity index (χ1n) is 5.78. The Labute approximate surface area is 106 Å². The van der Waals surface area contributed by atoms with Gasteiger partial charge in [0.15, 0.2) is 0 Å². The second-order valence-electron chi connectivity index (χ2n) is 4.00. The minimum Gasteiger partial charge on any atom is -0.271 e. The summed E-state index contributed by atoms with van der Waals surface area (Å²) >= 11 is 1.62. The number of rotatable bonds is 5. The number of hydrazine groups is 1. The second-order valence-corrected chi connectivity index (χ2v) is 4.92. The molecule has 0 amide bonds. The third kappa shape index (κ3) is 2.91. The lowest BCUT2D eigenvalue weighted by Gasteiger charge is -2.15. The van der Waals surface area contributed by atoms with Gasteiger partial charge in [0.05, 0.1) is 11.6 Å². The number of nitrogens with one attached hydrogen (secondary N) is 1. The van der Waals surface area contributed by atoms with Crippen LogP contribution in [0.15, 0.2) is 36.0 Å². The maximum atomic E-state index is 5.65. The van der Waals surface area contributed by atoms with E-state index < -0.39 is 0 Å². The van der Waals surface area contributed by atoms with Crippen LogP contribution in [-0.2, 0) is 6.42 Å². The summed E-state index contributed by atoms with van der Waals surface area (Å²) in [6, 6.07) is 8.61. The predicted molar refractivity (Wildman–Crippen MR) is 71.7 cm³/mol. The molecule has 17 heavy (non-hydrogen) atoms. The number of benzene rings is 1. The van der Waals surface area contributed by atoms with Crippen molar-refractivity contribution in [3.8, 4) is 0 Å². The Hall–Kier alpha value is -1.23. The van der Waals surface area contributed by atoms with Gasteiger partial charge >= 0.3 is 0 Å². The Morgan fingerprint density at radius 3 is 3.00 bits per heavy atom. The highest BCUT2D eigenvalue weighted by Crippen LogP contribution is 2.25. The highest BCUT2D eigenvalue weighted by atomic mass is 32.1. The molecule has 1 aromatic heterocycles.